The molecule has 0 bridgehead atoms. The van der Waals surface area contributed by atoms with Gasteiger partial charge in [-0.05, 0) is 18.9 Å². The first kappa shape index (κ1) is 13.4. The quantitative estimate of drug-likeness (QED) is 0.740. The highest BCUT2D eigenvalue weighted by Gasteiger charge is 2.20. The van der Waals surface area contributed by atoms with Gasteiger partial charge in [0.15, 0.2) is 0 Å². The summed E-state index contributed by atoms with van der Waals surface area (Å²) in [5.41, 5.74) is -0.410. The third-order valence-electron chi connectivity index (χ3n) is 2.35. The van der Waals surface area contributed by atoms with Crippen LogP contribution in [0.15, 0.2) is 23.1 Å². The maximum atomic E-state index is 13.0. The number of halogens is 1. The summed E-state index contributed by atoms with van der Waals surface area (Å²) in [5, 5.41) is 0. The Morgan fingerprint density at radius 1 is 1.47 bits per heavy atom. The number of aromatic nitrogens is 1. The van der Waals surface area contributed by atoms with Gasteiger partial charge >= 0.3 is 5.97 Å². The van der Waals surface area contributed by atoms with Gasteiger partial charge < -0.3 is 4.74 Å². The minimum Gasteiger partial charge on any atom is -0.464 e. The van der Waals surface area contributed by atoms with E-state index in [2.05, 4.69) is 0 Å². The predicted octanol–water partition coefficient (Wildman–Crippen LogP) is 1.89. The van der Waals surface area contributed by atoms with Crippen molar-refractivity contribution in [1.29, 1.82) is 0 Å². The van der Waals surface area contributed by atoms with Crippen LogP contribution in [-0.4, -0.2) is 17.1 Å². The minimum atomic E-state index is -0.759. The minimum absolute atomic E-state index is 0.305. The Bertz CT molecular complexity index is 442. The number of hydrogen-bond donors (Lipinski definition) is 0. The molecule has 0 radical (unpaired) electrons. The number of ether oxygens (including phenoxy) is 1. The Balaban J connectivity index is 2.97. The van der Waals surface area contributed by atoms with Gasteiger partial charge in [0.05, 0.1) is 6.61 Å². The molecule has 94 valence electrons. The number of carbonyl (C=O) groups is 1. The predicted molar refractivity (Wildman–Crippen MR) is 61.2 cm³/mol. The van der Waals surface area contributed by atoms with Crippen molar-refractivity contribution in [1.82, 2.24) is 4.57 Å². The Morgan fingerprint density at radius 3 is 2.76 bits per heavy atom. The summed E-state index contributed by atoms with van der Waals surface area (Å²) in [6.07, 6.45) is 2.12. The van der Waals surface area contributed by atoms with E-state index in [0.717, 1.165) is 22.9 Å². The summed E-state index contributed by atoms with van der Waals surface area (Å²) < 4.78 is 19.1. The lowest BCUT2D eigenvalue weighted by molar-refractivity contribution is -0.147. The summed E-state index contributed by atoms with van der Waals surface area (Å²) in [4.78, 5) is 23.2. The number of rotatable bonds is 5. The monoisotopic (exact) mass is 241 g/mol. The maximum absolute atomic E-state index is 13.0. The molecule has 0 aliphatic heterocycles. The van der Waals surface area contributed by atoms with Crippen LogP contribution in [0.1, 0.15) is 32.7 Å². The van der Waals surface area contributed by atoms with Crippen molar-refractivity contribution in [2.45, 2.75) is 32.7 Å². The maximum Gasteiger partial charge on any atom is 0.329 e. The second kappa shape index (κ2) is 6.18. The molecule has 0 fully saturated rings. The van der Waals surface area contributed by atoms with Crippen molar-refractivity contribution in [3.05, 3.63) is 34.5 Å². The van der Waals surface area contributed by atoms with Crippen LogP contribution in [0.2, 0.25) is 0 Å². The summed E-state index contributed by atoms with van der Waals surface area (Å²) in [6.45, 7) is 3.93. The molecule has 0 saturated heterocycles. The van der Waals surface area contributed by atoms with Gasteiger partial charge in [-0.1, -0.05) is 13.8 Å². The number of carbonyl (C=O) groups excluding carboxylic acids is 1. The van der Waals surface area contributed by atoms with Gasteiger partial charge in [0.25, 0.3) is 5.56 Å². The topological polar surface area (TPSA) is 48.3 Å². The highest BCUT2D eigenvalue weighted by Crippen LogP contribution is 2.11. The van der Waals surface area contributed by atoms with Crippen LogP contribution in [-0.2, 0) is 9.53 Å². The van der Waals surface area contributed by atoms with Crippen molar-refractivity contribution in [2.24, 2.45) is 0 Å². The molecule has 0 N–H and O–H groups in total. The van der Waals surface area contributed by atoms with Crippen molar-refractivity contribution in [2.75, 3.05) is 6.61 Å². The smallest absolute Gasteiger partial charge is 0.329 e. The molecular weight excluding hydrogens is 225 g/mol. The van der Waals surface area contributed by atoms with Crippen LogP contribution >= 0.6 is 0 Å². The molecule has 1 aromatic heterocycles. The molecule has 5 heteroatoms. The fourth-order valence-corrected chi connectivity index (χ4v) is 1.50. The average Bonchev–Trinajstić information content (AvgIpc) is 2.32. The van der Waals surface area contributed by atoms with Crippen molar-refractivity contribution < 1.29 is 13.9 Å². The molecule has 0 saturated carbocycles. The van der Waals surface area contributed by atoms with E-state index >= 15 is 0 Å². The van der Waals surface area contributed by atoms with Gasteiger partial charge in [0.2, 0.25) is 0 Å². The van der Waals surface area contributed by atoms with E-state index in [1.165, 1.54) is 0 Å². The van der Waals surface area contributed by atoms with Crippen molar-refractivity contribution >= 4 is 5.97 Å². The molecule has 1 aromatic rings. The van der Waals surface area contributed by atoms with E-state index in [1.807, 2.05) is 6.92 Å². The molecule has 1 heterocycles. The van der Waals surface area contributed by atoms with Crippen LogP contribution in [0, 0.1) is 5.82 Å². The van der Waals surface area contributed by atoms with Crippen LogP contribution in [0.4, 0.5) is 4.39 Å². The van der Waals surface area contributed by atoms with Crippen LogP contribution in [0.3, 0.4) is 0 Å². The number of hydrogen-bond acceptors (Lipinski definition) is 3. The SMILES string of the molecule is CCCOC(=O)C(CC)n1cc(F)ccc1=O. The Hall–Kier alpha value is -1.65. The zero-order chi connectivity index (χ0) is 12.8. The summed E-state index contributed by atoms with van der Waals surface area (Å²) in [6, 6.07) is 1.42. The highest BCUT2D eigenvalue weighted by atomic mass is 19.1. The van der Waals surface area contributed by atoms with Crippen molar-refractivity contribution in [3.63, 3.8) is 0 Å². The van der Waals surface area contributed by atoms with Crippen LogP contribution in [0.5, 0.6) is 0 Å². The molecule has 4 nitrogen and oxygen atoms in total. The van der Waals surface area contributed by atoms with E-state index in [4.69, 9.17) is 4.74 Å². The molecule has 0 spiro atoms. The molecule has 1 atom stereocenters. The summed E-state index contributed by atoms with van der Waals surface area (Å²) in [5.74, 6) is -1.05. The lowest BCUT2D eigenvalue weighted by Crippen LogP contribution is -2.30. The summed E-state index contributed by atoms with van der Waals surface area (Å²) >= 11 is 0. The average molecular weight is 241 g/mol. The van der Waals surface area contributed by atoms with Gasteiger partial charge in [-0.15, -0.1) is 0 Å². The van der Waals surface area contributed by atoms with Gasteiger partial charge in [-0.2, -0.15) is 0 Å². The first-order valence-electron chi connectivity index (χ1n) is 5.64. The van der Waals surface area contributed by atoms with E-state index < -0.39 is 23.4 Å². The molecule has 0 amide bonds. The number of pyridine rings is 1. The second-order valence-corrected chi connectivity index (χ2v) is 3.68. The van der Waals surface area contributed by atoms with Gasteiger partial charge in [0, 0.05) is 12.3 Å². The fraction of sp³-hybridized carbons (Fsp3) is 0.500. The molecule has 0 aliphatic rings. The molecular formula is C12H16FNO3. The normalized spacial score (nSPS) is 12.2. The lowest BCUT2D eigenvalue weighted by Gasteiger charge is -2.16. The van der Waals surface area contributed by atoms with Crippen LogP contribution < -0.4 is 5.56 Å². The molecule has 0 aromatic carbocycles. The van der Waals surface area contributed by atoms with Gasteiger partial charge in [0.1, 0.15) is 11.9 Å². The third-order valence-corrected chi connectivity index (χ3v) is 2.35. The Morgan fingerprint density at radius 2 is 2.18 bits per heavy atom. The molecule has 1 unspecified atom stereocenters. The zero-order valence-electron chi connectivity index (χ0n) is 9.98. The standard InChI is InChI=1S/C12H16FNO3/c1-3-7-17-12(16)10(4-2)14-8-9(13)5-6-11(14)15/h5-6,8,10H,3-4,7H2,1-2H3. The molecule has 0 aliphatic carbocycles. The lowest BCUT2D eigenvalue weighted by atomic mass is 10.2. The third kappa shape index (κ3) is 3.41. The number of nitrogens with zero attached hydrogens (tertiary/aromatic N) is 1. The van der Waals surface area contributed by atoms with E-state index in [0.29, 0.717) is 19.4 Å². The first-order valence-corrected chi connectivity index (χ1v) is 5.64. The fourth-order valence-electron chi connectivity index (χ4n) is 1.50. The Kier molecular flexibility index (Phi) is 4.87. The van der Waals surface area contributed by atoms with Crippen LogP contribution in [0.25, 0.3) is 0 Å². The summed E-state index contributed by atoms with van der Waals surface area (Å²) in [7, 11) is 0. The number of esters is 1. The second-order valence-electron chi connectivity index (χ2n) is 3.68. The van der Waals surface area contributed by atoms with Gasteiger partial charge in [-0.3, -0.25) is 9.36 Å². The zero-order valence-corrected chi connectivity index (χ0v) is 9.98. The largest absolute Gasteiger partial charge is 0.464 e. The Labute approximate surface area is 99.0 Å². The molecule has 17 heavy (non-hydrogen) atoms. The van der Waals surface area contributed by atoms with Gasteiger partial charge in [-0.25, -0.2) is 9.18 Å². The van der Waals surface area contributed by atoms with E-state index in [-0.39, 0.29) is 0 Å². The van der Waals surface area contributed by atoms with Crippen molar-refractivity contribution in [3.8, 4) is 0 Å². The highest BCUT2D eigenvalue weighted by molar-refractivity contribution is 5.74. The first-order chi connectivity index (χ1) is 8.10. The molecule has 1 rings (SSSR count). The van der Waals surface area contributed by atoms with E-state index in [1.54, 1.807) is 6.92 Å². The van der Waals surface area contributed by atoms with E-state index in [9.17, 15) is 14.0 Å².